The van der Waals surface area contributed by atoms with Crippen LogP contribution in [-0.4, -0.2) is 16.2 Å². The summed E-state index contributed by atoms with van der Waals surface area (Å²) in [6.45, 7) is 1.91. The highest BCUT2D eigenvalue weighted by atomic mass is 19.2. The third-order valence-corrected chi connectivity index (χ3v) is 2.85. The summed E-state index contributed by atoms with van der Waals surface area (Å²) in [5.41, 5.74) is 0.0809. The minimum atomic E-state index is -1.33. The molecule has 2 N–H and O–H groups in total. The first-order valence-electron chi connectivity index (χ1n) is 5.83. The minimum Gasteiger partial charge on any atom is -0.481 e. The van der Waals surface area contributed by atoms with Crippen LogP contribution in [0.15, 0.2) is 18.2 Å². The standard InChI is InChI=1S/C13H16F2O3/c1-2-3-4-9(13(17)18)12(16)8-5-6-10(14)11(15)7-8/h5-7,9,12,16H,2-4H2,1H3,(H,17,18). The van der Waals surface area contributed by atoms with Crippen molar-refractivity contribution in [3.05, 3.63) is 35.4 Å². The van der Waals surface area contributed by atoms with Gasteiger partial charge >= 0.3 is 5.97 Å². The van der Waals surface area contributed by atoms with E-state index in [2.05, 4.69) is 0 Å². The molecule has 0 radical (unpaired) electrons. The molecule has 2 atom stereocenters. The van der Waals surface area contributed by atoms with Crippen molar-refractivity contribution in [1.82, 2.24) is 0 Å². The summed E-state index contributed by atoms with van der Waals surface area (Å²) in [6, 6.07) is 2.92. The molecule has 0 aliphatic carbocycles. The number of hydrogen-bond donors (Lipinski definition) is 2. The third kappa shape index (κ3) is 3.50. The molecule has 1 aromatic rings. The molecule has 0 fully saturated rings. The molecule has 0 aliphatic rings. The minimum absolute atomic E-state index is 0.0809. The maximum Gasteiger partial charge on any atom is 0.309 e. The predicted molar refractivity (Wildman–Crippen MR) is 62.0 cm³/mol. The van der Waals surface area contributed by atoms with Crippen molar-refractivity contribution in [1.29, 1.82) is 0 Å². The van der Waals surface area contributed by atoms with E-state index in [1.54, 1.807) is 0 Å². The van der Waals surface area contributed by atoms with Gasteiger partial charge in [-0.1, -0.05) is 25.8 Å². The number of aliphatic carboxylic acids is 1. The fourth-order valence-electron chi connectivity index (χ4n) is 1.77. The molecule has 0 aromatic heterocycles. The van der Waals surface area contributed by atoms with Crippen LogP contribution >= 0.6 is 0 Å². The largest absolute Gasteiger partial charge is 0.481 e. The molecule has 0 spiro atoms. The fraction of sp³-hybridized carbons (Fsp3) is 0.462. The molecule has 1 aromatic carbocycles. The quantitative estimate of drug-likeness (QED) is 0.824. The zero-order chi connectivity index (χ0) is 13.7. The van der Waals surface area contributed by atoms with Crippen molar-refractivity contribution in [3.63, 3.8) is 0 Å². The SMILES string of the molecule is CCCCC(C(=O)O)C(O)c1ccc(F)c(F)c1. The molecule has 2 unspecified atom stereocenters. The van der Waals surface area contributed by atoms with Gasteiger partial charge in [0.05, 0.1) is 12.0 Å². The van der Waals surface area contributed by atoms with Gasteiger partial charge in [-0.05, 0) is 24.1 Å². The molecule has 18 heavy (non-hydrogen) atoms. The lowest BCUT2D eigenvalue weighted by atomic mass is 9.91. The van der Waals surface area contributed by atoms with Crippen molar-refractivity contribution in [2.24, 2.45) is 5.92 Å². The number of unbranched alkanes of at least 4 members (excludes halogenated alkanes) is 1. The van der Waals surface area contributed by atoms with E-state index < -0.39 is 29.6 Å². The van der Waals surface area contributed by atoms with Gasteiger partial charge in [-0.15, -0.1) is 0 Å². The molecule has 0 bridgehead atoms. The summed E-state index contributed by atoms with van der Waals surface area (Å²) < 4.78 is 25.8. The van der Waals surface area contributed by atoms with Gasteiger partial charge in [0.15, 0.2) is 11.6 Å². The average Bonchev–Trinajstić information content (AvgIpc) is 2.32. The molecule has 5 heteroatoms. The molecular formula is C13H16F2O3. The Morgan fingerprint density at radius 1 is 1.33 bits per heavy atom. The first kappa shape index (κ1) is 14.6. The zero-order valence-corrected chi connectivity index (χ0v) is 10.1. The molecule has 1 rings (SSSR count). The van der Waals surface area contributed by atoms with E-state index in [-0.39, 0.29) is 5.56 Å². The van der Waals surface area contributed by atoms with E-state index in [4.69, 9.17) is 5.11 Å². The third-order valence-electron chi connectivity index (χ3n) is 2.85. The van der Waals surface area contributed by atoms with E-state index in [0.717, 1.165) is 18.6 Å². The van der Waals surface area contributed by atoms with Crippen LogP contribution in [0.5, 0.6) is 0 Å². The molecular weight excluding hydrogens is 242 g/mol. The van der Waals surface area contributed by atoms with E-state index >= 15 is 0 Å². The Balaban J connectivity index is 2.90. The second-order valence-electron chi connectivity index (χ2n) is 4.21. The van der Waals surface area contributed by atoms with Crippen LogP contribution in [0.1, 0.15) is 37.9 Å². The topological polar surface area (TPSA) is 57.5 Å². The van der Waals surface area contributed by atoms with Gasteiger partial charge < -0.3 is 10.2 Å². The molecule has 0 amide bonds. The van der Waals surface area contributed by atoms with Crippen LogP contribution in [0.25, 0.3) is 0 Å². The monoisotopic (exact) mass is 258 g/mol. The second-order valence-corrected chi connectivity index (χ2v) is 4.21. The zero-order valence-electron chi connectivity index (χ0n) is 10.1. The number of carboxylic acid groups (broad SMARTS) is 1. The van der Waals surface area contributed by atoms with Gasteiger partial charge in [-0.2, -0.15) is 0 Å². The average molecular weight is 258 g/mol. The lowest BCUT2D eigenvalue weighted by Crippen LogP contribution is -2.22. The van der Waals surface area contributed by atoms with Crippen molar-refractivity contribution in [2.75, 3.05) is 0 Å². The smallest absolute Gasteiger partial charge is 0.309 e. The Kier molecular flexibility index (Phi) is 5.22. The highest BCUT2D eigenvalue weighted by Gasteiger charge is 2.27. The Morgan fingerprint density at radius 2 is 2.00 bits per heavy atom. The number of halogens is 2. The van der Waals surface area contributed by atoms with Crippen LogP contribution < -0.4 is 0 Å². The first-order chi connectivity index (χ1) is 8.47. The highest BCUT2D eigenvalue weighted by Crippen LogP contribution is 2.27. The van der Waals surface area contributed by atoms with Gasteiger partial charge in [-0.25, -0.2) is 8.78 Å². The van der Waals surface area contributed by atoms with E-state index in [0.29, 0.717) is 12.8 Å². The summed E-state index contributed by atoms with van der Waals surface area (Å²) in [5.74, 6) is -4.26. The second kappa shape index (κ2) is 6.44. The van der Waals surface area contributed by atoms with Gasteiger partial charge in [0.25, 0.3) is 0 Å². The van der Waals surface area contributed by atoms with Gasteiger partial charge in [0, 0.05) is 0 Å². The lowest BCUT2D eigenvalue weighted by Gasteiger charge is -2.19. The molecule has 100 valence electrons. The number of rotatable bonds is 6. The van der Waals surface area contributed by atoms with Gasteiger partial charge in [0.1, 0.15) is 0 Å². The maximum atomic E-state index is 13.0. The first-order valence-corrected chi connectivity index (χ1v) is 5.83. The van der Waals surface area contributed by atoms with Gasteiger partial charge in [-0.3, -0.25) is 4.79 Å². The van der Waals surface area contributed by atoms with Crippen molar-refractivity contribution in [3.8, 4) is 0 Å². The Bertz CT molecular complexity index is 421. The summed E-state index contributed by atoms with van der Waals surface area (Å²) >= 11 is 0. The van der Waals surface area contributed by atoms with E-state index in [1.807, 2.05) is 6.92 Å². The van der Waals surface area contributed by atoms with Gasteiger partial charge in [0.2, 0.25) is 0 Å². The van der Waals surface area contributed by atoms with Crippen LogP contribution in [0.4, 0.5) is 8.78 Å². The van der Waals surface area contributed by atoms with E-state index in [1.165, 1.54) is 6.07 Å². The normalized spacial score (nSPS) is 14.2. The Morgan fingerprint density at radius 3 is 2.50 bits per heavy atom. The molecule has 0 saturated heterocycles. The summed E-state index contributed by atoms with van der Waals surface area (Å²) in [6.07, 6.45) is 0.419. The summed E-state index contributed by atoms with van der Waals surface area (Å²) in [5, 5.41) is 19.0. The van der Waals surface area contributed by atoms with Crippen LogP contribution in [0, 0.1) is 17.6 Å². The Labute approximate surface area is 104 Å². The van der Waals surface area contributed by atoms with Crippen LogP contribution in [-0.2, 0) is 4.79 Å². The molecule has 0 heterocycles. The van der Waals surface area contributed by atoms with Crippen LogP contribution in [0.3, 0.4) is 0 Å². The summed E-state index contributed by atoms with van der Waals surface area (Å²) in [7, 11) is 0. The molecule has 3 nitrogen and oxygen atoms in total. The van der Waals surface area contributed by atoms with Crippen LogP contribution in [0.2, 0.25) is 0 Å². The maximum absolute atomic E-state index is 13.0. The number of aliphatic hydroxyl groups is 1. The number of hydrogen-bond acceptors (Lipinski definition) is 2. The van der Waals surface area contributed by atoms with Crippen molar-refractivity contribution in [2.45, 2.75) is 32.3 Å². The molecule has 0 saturated carbocycles. The number of aliphatic hydroxyl groups excluding tert-OH is 1. The lowest BCUT2D eigenvalue weighted by molar-refractivity contribution is -0.146. The van der Waals surface area contributed by atoms with Crippen molar-refractivity contribution >= 4 is 5.97 Å². The summed E-state index contributed by atoms with van der Waals surface area (Å²) in [4.78, 5) is 11.0. The number of carboxylic acids is 1. The van der Waals surface area contributed by atoms with Crippen molar-refractivity contribution < 1.29 is 23.8 Å². The highest BCUT2D eigenvalue weighted by molar-refractivity contribution is 5.71. The number of benzene rings is 1. The fourth-order valence-corrected chi connectivity index (χ4v) is 1.77. The number of carbonyl (C=O) groups is 1. The predicted octanol–water partition coefficient (Wildman–Crippen LogP) is 2.89. The van der Waals surface area contributed by atoms with E-state index in [9.17, 15) is 18.7 Å². The molecule has 0 aliphatic heterocycles. The Hall–Kier alpha value is -1.49.